The summed E-state index contributed by atoms with van der Waals surface area (Å²) in [4.78, 5) is 11.3. The Morgan fingerprint density at radius 1 is 1.44 bits per heavy atom. The summed E-state index contributed by atoms with van der Waals surface area (Å²) in [5.41, 5.74) is 7.01. The Morgan fingerprint density at radius 3 is 2.67 bits per heavy atom. The lowest BCUT2D eigenvalue weighted by molar-refractivity contribution is -0.122. The van der Waals surface area contributed by atoms with E-state index in [0.717, 1.165) is 5.56 Å². The molecular formula is C12H17N3O3. The first-order chi connectivity index (χ1) is 8.67. The minimum Gasteiger partial charge on any atom is -0.409 e. The molecule has 0 unspecified atom stereocenters. The first kappa shape index (κ1) is 14.0. The van der Waals surface area contributed by atoms with Crippen LogP contribution in [0.4, 0.5) is 0 Å². The quantitative estimate of drug-likeness (QED) is 0.296. The number of nitrogens with zero attached hydrogens (tertiary/aromatic N) is 1. The van der Waals surface area contributed by atoms with Crippen LogP contribution in [0, 0.1) is 0 Å². The summed E-state index contributed by atoms with van der Waals surface area (Å²) >= 11 is 0. The van der Waals surface area contributed by atoms with Gasteiger partial charge in [0.1, 0.15) is 0 Å². The lowest BCUT2D eigenvalue weighted by Gasteiger charge is -2.06. The van der Waals surface area contributed by atoms with Crippen LogP contribution >= 0.6 is 0 Å². The fourth-order valence-electron chi connectivity index (χ4n) is 1.33. The first-order valence-corrected chi connectivity index (χ1v) is 5.50. The second-order valence-electron chi connectivity index (χ2n) is 3.70. The number of rotatable bonds is 6. The highest BCUT2D eigenvalue weighted by Gasteiger charge is 2.02. The van der Waals surface area contributed by atoms with Crippen LogP contribution in [0.5, 0.6) is 0 Å². The third-order valence-electron chi connectivity index (χ3n) is 2.38. The van der Waals surface area contributed by atoms with Gasteiger partial charge in [-0.05, 0) is 5.56 Å². The number of oxime groups is 1. The number of nitrogens with one attached hydrogen (secondary N) is 1. The maximum atomic E-state index is 11.3. The predicted molar refractivity (Wildman–Crippen MR) is 67.3 cm³/mol. The highest BCUT2D eigenvalue weighted by molar-refractivity contribution is 5.96. The van der Waals surface area contributed by atoms with Crippen LogP contribution in [0.15, 0.2) is 29.4 Å². The number of amidine groups is 1. The first-order valence-electron chi connectivity index (χ1n) is 5.50. The second kappa shape index (κ2) is 7.29. The Balaban J connectivity index is 2.47. The van der Waals surface area contributed by atoms with E-state index >= 15 is 0 Å². The van der Waals surface area contributed by atoms with Crippen LogP contribution in [-0.4, -0.2) is 30.7 Å². The normalized spacial score (nSPS) is 11.3. The van der Waals surface area contributed by atoms with Crippen LogP contribution in [0.1, 0.15) is 17.5 Å². The van der Waals surface area contributed by atoms with Crippen molar-refractivity contribution in [3.8, 4) is 0 Å². The number of carbonyl (C=O) groups excluding carboxylic acids is 1. The van der Waals surface area contributed by atoms with Crippen LogP contribution in [-0.2, 0) is 16.1 Å². The SMILES string of the molecule is COCCC(=O)NCc1ccc(C(N)=NO)cc1. The van der Waals surface area contributed by atoms with Gasteiger partial charge in [0.25, 0.3) is 0 Å². The highest BCUT2D eigenvalue weighted by Crippen LogP contribution is 2.04. The van der Waals surface area contributed by atoms with Crippen molar-refractivity contribution in [2.24, 2.45) is 10.9 Å². The van der Waals surface area contributed by atoms with Crippen molar-refractivity contribution < 1.29 is 14.7 Å². The largest absolute Gasteiger partial charge is 0.409 e. The molecule has 18 heavy (non-hydrogen) atoms. The van der Waals surface area contributed by atoms with E-state index < -0.39 is 0 Å². The number of hydrogen-bond donors (Lipinski definition) is 3. The molecule has 6 nitrogen and oxygen atoms in total. The molecule has 0 spiro atoms. The summed E-state index contributed by atoms with van der Waals surface area (Å²) in [6.45, 7) is 0.854. The maximum Gasteiger partial charge on any atom is 0.222 e. The van der Waals surface area contributed by atoms with Crippen LogP contribution < -0.4 is 11.1 Å². The summed E-state index contributed by atoms with van der Waals surface area (Å²) in [5.74, 6) is 0.00282. The zero-order valence-corrected chi connectivity index (χ0v) is 10.2. The zero-order chi connectivity index (χ0) is 13.4. The van der Waals surface area contributed by atoms with E-state index in [1.165, 1.54) is 0 Å². The van der Waals surface area contributed by atoms with Gasteiger partial charge in [0, 0.05) is 25.6 Å². The molecule has 1 aromatic rings. The van der Waals surface area contributed by atoms with E-state index in [1.54, 1.807) is 19.2 Å². The molecule has 6 heteroatoms. The number of methoxy groups -OCH3 is 1. The number of amides is 1. The molecule has 0 saturated carbocycles. The van der Waals surface area contributed by atoms with Crippen molar-refractivity contribution in [3.05, 3.63) is 35.4 Å². The molecule has 1 amide bonds. The van der Waals surface area contributed by atoms with E-state index in [2.05, 4.69) is 10.5 Å². The minimum absolute atomic E-state index is 0.0580. The molecule has 0 aliphatic rings. The minimum atomic E-state index is -0.0580. The second-order valence-corrected chi connectivity index (χ2v) is 3.70. The van der Waals surface area contributed by atoms with Crippen molar-refractivity contribution in [2.45, 2.75) is 13.0 Å². The van der Waals surface area contributed by atoms with E-state index in [9.17, 15) is 4.79 Å². The standard InChI is InChI=1S/C12H17N3O3/c1-18-7-6-11(16)14-8-9-2-4-10(5-3-9)12(13)15-17/h2-5,17H,6-8H2,1H3,(H2,13,15)(H,14,16). The topological polar surface area (TPSA) is 96.9 Å². The molecule has 4 N–H and O–H groups in total. The number of hydrogen-bond acceptors (Lipinski definition) is 4. The van der Waals surface area contributed by atoms with Crippen molar-refractivity contribution in [1.29, 1.82) is 0 Å². The van der Waals surface area contributed by atoms with E-state index in [1.807, 2.05) is 12.1 Å². The lowest BCUT2D eigenvalue weighted by atomic mass is 10.1. The fraction of sp³-hybridized carbons (Fsp3) is 0.333. The Labute approximate surface area is 105 Å². The average molecular weight is 251 g/mol. The molecule has 0 aliphatic heterocycles. The van der Waals surface area contributed by atoms with Crippen LogP contribution in [0.3, 0.4) is 0 Å². The summed E-state index contributed by atoms with van der Waals surface area (Å²) in [6, 6.07) is 7.07. The Kier molecular flexibility index (Phi) is 5.66. The Morgan fingerprint density at radius 2 is 2.11 bits per heavy atom. The molecule has 1 aromatic carbocycles. The van der Waals surface area contributed by atoms with Gasteiger partial charge in [0.05, 0.1) is 6.61 Å². The molecule has 0 radical (unpaired) electrons. The zero-order valence-electron chi connectivity index (χ0n) is 10.2. The third kappa shape index (κ3) is 4.42. The molecule has 0 aliphatic carbocycles. The van der Waals surface area contributed by atoms with Crippen molar-refractivity contribution in [3.63, 3.8) is 0 Å². The van der Waals surface area contributed by atoms with Gasteiger partial charge in [-0.25, -0.2) is 0 Å². The highest BCUT2D eigenvalue weighted by atomic mass is 16.5. The summed E-state index contributed by atoms with van der Waals surface area (Å²) < 4.78 is 4.81. The molecule has 0 fully saturated rings. The van der Waals surface area contributed by atoms with E-state index in [4.69, 9.17) is 15.7 Å². The number of benzene rings is 1. The molecule has 0 atom stereocenters. The summed E-state index contributed by atoms with van der Waals surface area (Å²) in [6.07, 6.45) is 0.346. The van der Waals surface area contributed by atoms with Gasteiger partial charge in [-0.3, -0.25) is 4.79 Å². The van der Waals surface area contributed by atoms with Gasteiger partial charge < -0.3 is 21.0 Å². The van der Waals surface area contributed by atoms with Crippen molar-refractivity contribution in [2.75, 3.05) is 13.7 Å². The lowest BCUT2D eigenvalue weighted by Crippen LogP contribution is -2.23. The fourth-order valence-corrected chi connectivity index (χ4v) is 1.33. The van der Waals surface area contributed by atoms with Gasteiger partial charge in [-0.1, -0.05) is 29.4 Å². The molecule has 1 rings (SSSR count). The Hall–Kier alpha value is -2.08. The molecule has 0 saturated heterocycles. The van der Waals surface area contributed by atoms with Crippen LogP contribution in [0.25, 0.3) is 0 Å². The molecule has 0 aromatic heterocycles. The molecule has 0 heterocycles. The van der Waals surface area contributed by atoms with Gasteiger partial charge in [-0.15, -0.1) is 0 Å². The smallest absolute Gasteiger partial charge is 0.222 e. The summed E-state index contributed by atoms with van der Waals surface area (Å²) in [5, 5.41) is 14.2. The number of nitrogens with two attached hydrogens (primary N) is 1. The van der Waals surface area contributed by atoms with Crippen molar-refractivity contribution in [1.82, 2.24) is 5.32 Å². The molecular weight excluding hydrogens is 234 g/mol. The number of carbonyl (C=O) groups is 1. The molecule has 0 bridgehead atoms. The summed E-state index contributed by atoms with van der Waals surface area (Å²) in [7, 11) is 1.55. The van der Waals surface area contributed by atoms with E-state index in [0.29, 0.717) is 25.1 Å². The average Bonchev–Trinajstić information content (AvgIpc) is 2.42. The van der Waals surface area contributed by atoms with Gasteiger partial charge in [0.15, 0.2) is 5.84 Å². The van der Waals surface area contributed by atoms with Crippen LogP contribution in [0.2, 0.25) is 0 Å². The monoisotopic (exact) mass is 251 g/mol. The Bertz CT molecular complexity index is 415. The third-order valence-corrected chi connectivity index (χ3v) is 2.38. The van der Waals surface area contributed by atoms with E-state index in [-0.39, 0.29) is 11.7 Å². The maximum absolute atomic E-state index is 11.3. The van der Waals surface area contributed by atoms with Gasteiger partial charge >= 0.3 is 0 Å². The molecule has 98 valence electrons. The van der Waals surface area contributed by atoms with Gasteiger partial charge in [-0.2, -0.15) is 0 Å². The van der Waals surface area contributed by atoms with Gasteiger partial charge in [0.2, 0.25) is 5.91 Å². The number of ether oxygens (including phenoxy) is 1. The van der Waals surface area contributed by atoms with Crippen molar-refractivity contribution >= 4 is 11.7 Å². The predicted octanol–water partition coefficient (Wildman–Crippen LogP) is 0.434.